The van der Waals surface area contributed by atoms with Crippen molar-refractivity contribution < 1.29 is 46.9 Å². The van der Waals surface area contributed by atoms with Gasteiger partial charge in [0.2, 0.25) is 0 Å². The molecule has 0 saturated heterocycles. The number of hydrogen-bond donors (Lipinski definition) is 0. The van der Waals surface area contributed by atoms with Crippen LogP contribution in [0.5, 0.6) is 11.5 Å². The number of ether oxygens (including phenoxy) is 3. The van der Waals surface area contributed by atoms with Gasteiger partial charge in [0.05, 0.1) is 14.2 Å². The molecule has 27 heavy (non-hydrogen) atoms. The third-order valence-electron chi connectivity index (χ3n) is 1.85. The first kappa shape index (κ1) is 37.2. The summed E-state index contributed by atoms with van der Waals surface area (Å²) in [6.07, 6.45) is 5.33. The van der Waals surface area contributed by atoms with Crippen LogP contribution >= 0.6 is 11.8 Å². The minimum absolute atomic E-state index is 0. The zero-order valence-electron chi connectivity index (χ0n) is 17.5. The average molecular weight is 472 g/mol. The summed E-state index contributed by atoms with van der Waals surface area (Å²) in [6.45, 7) is 4.25. The summed E-state index contributed by atoms with van der Waals surface area (Å²) in [7, 11) is 6.55. The van der Waals surface area contributed by atoms with Crippen LogP contribution in [0.3, 0.4) is 0 Å². The van der Waals surface area contributed by atoms with Crippen LogP contribution in [0, 0.1) is 12.1 Å². The van der Waals surface area contributed by atoms with Crippen molar-refractivity contribution >= 4 is 11.8 Å². The van der Waals surface area contributed by atoms with Crippen molar-refractivity contribution in [2.45, 2.75) is 27.7 Å². The molecule has 155 valence electrons. The van der Waals surface area contributed by atoms with E-state index in [-0.39, 0.29) is 40.1 Å². The summed E-state index contributed by atoms with van der Waals surface area (Å²) < 4.78 is 14.0. The summed E-state index contributed by atoms with van der Waals surface area (Å²) in [4.78, 5) is 0. The standard InChI is InChI=1S/2C7H7O.C3H8.C2H6O.C2H6S.CH4.Y/c2*1-8-7-5-3-2-4-6-7;3*1-3-2;;/h2*3-6H,1H3;3H2,1-2H3;2*1-2H3;1H4;/q2*-1;;;;;. The normalized spacial score (nSPS) is 7.11. The van der Waals surface area contributed by atoms with Gasteiger partial charge in [0, 0.05) is 58.4 Å². The van der Waals surface area contributed by atoms with Crippen molar-refractivity contribution in [1.29, 1.82) is 0 Å². The quantitative estimate of drug-likeness (QED) is 0.482. The zero-order chi connectivity index (χ0) is 19.8. The summed E-state index contributed by atoms with van der Waals surface area (Å²) in [5.41, 5.74) is 0. The molecule has 2 aromatic carbocycles. The van der Waals surface area contributed by atoms with Gasteiger partial charge in [-0.2, -0.15) is 48.2 Å². The Morgan fingerprint density at radius 1 is 0.741 bits per heavy atom. The molecule has 0 heterocycles. The maximum Gasteiger partial charge on any atom is 0.0743 e. The minimum Gasteiger partial charge on any atom is -0.522 e. The Bertz CT molecular complexity index is 384. The van der Waals surface area contributed by atoms with E-state index in [2.05, 4.69) is 30.7 Å². The number of rotatable bonds is 2. The van der Waals surface area contributed by atoms with Gasteiger partial charge < -0.3 is 14.2 Å². The molecular weight excluding hydrogens is 433 g/mol. The Kier molecular flexibility index (Phi) is 50.2. The Balaban J connectivity index is -0.0000000801. The molecule has 0 aliphatic rings. The zero-order valence-corrected chi connectivity index (χ0v) is 21.2. The maximum atomic E-state index is 4.89. The van der Waals surface area contributed by atoms with Gasteiger partial charge in [-0.15, -0.1) is 24.3 Å². The van der Waals surface area contributed by atoms with Gasteiger partial charge >= 0.3 is 0 Å². The van der Waals surface area contributed by atoms with Crippen LogP contribution in [0.4, 0.5) is 0 Å². The summed E-state index contributed by atoms with van der Waals surface area (Å²) in [6, 6.07) is 20.5. The van der Waals surface area contributed by atoms with Crippen LogP contribution in [0.2, 0.25) is 0 Å². The second kappa shape index (κ2) is 36.4. The average Bonchev–Trinajstić information content (AvgIpc) is 2.65. The molecule has 0 aliphatic heterocycles. The molecule has 2 aromatic rings. The van der Waals surface area contributed by atoms with E-state index in [1.165, 1.54) is 6.42 Å². The van der Waals surface area contributed by atoms with Crippen LogP contribution in [0.1, 0.15) is 27.7 Å². The van der Waals surface area contributed by atoms with E-state index in [9.17, 15) is 0 Å². The number of hydrogen-bond acceptors (Lipinski definition) is 4. The summed E-state index contributed by atoms with van der Waals surface area (Å²) >= 11 is 1.75. The Hall–Kier alpha value is -0.546. The van der Waals surface area contributed by atoms with E-state index < -0.39 is 0 Å². The van der Waals surface area contributed by atoms with Crippen LogP contribution in [-0.4, -0.2) is 41.0 Å². The SMILES string of the molecule is C.CCC.COC.COc1cc[c-]cc1.COc1cc[c-]cc1.CSC.[Y]. The molecule has 0 fully saturated rings. The summed E-state index contributed by atoms with van der Waals surface area (Å²) in [5.74, 6) is 1.76. The molecule has 0 N–H and O–H groups in total. The van der Waals surface area contributed by atoms with Gasteiger partial charge in [0.25, 0.3) is 0 Å². The molecule has 0 bridgehead atoms. The molecule has 0 unspecified atom stereocenters. The van der Waals surface area contributed by atoms with Gasteiger partial charge in [-0.1, -0.05) is 27.7 Å². The van der Waals surface area contributed by atoms with Crippen molar-refractivity contribution in [2.75, 3.05) is 41.0 Å². The minimum atomic E-state index is 0. The van der Waals surface area contributed by atoms with E-state index in [4.69, 9.17) is 9.47 Å². The first-order chi connectivity index (χ1) is 12.1. The van der Waals surface area contributed by atoms with Crippen molar-refractivity contribution in [1.82, 2.24) is 0 Å². The molecule has 5 heteroatoms. The largest absolute Gasteiger partial charge is 0.522 e. The smallest absolute Gasteiger partial charge is 0.0743 e. The van der Waals surface area contributed by atoms with E-state index >= 15 is 0 Å². The van der Waals surface area contributed by atoms with E-state index in [1.807, 2.05) is 61.0 Å². The molecule has 0 atom stereocenters. The van der Waals surface area contributed by atoms with Crippen LogP contribution < -0.4 is 9.47 Å². The van der Waals surface area contributed by atoms with E-state index in [1.54, 1.807) is 40.2 Å². The van der Waals surface area contributed by atoms with Gasteiger partial charge in [0.15, 0.2) is 0 Å². The topological polar surface area (TPSA) is 27.7 Å². The molecule has 0 amide bonds. The molecule has 2 rings (SSSR count). The molecule has 0 aromatic heterocycles. The first-order valence-corrected chi connectivity index (χ1v) is 9.55. The number of methoxy groups -OCH3 is 3. The molecule has 0 spiro atoms. The maximum absolute atomic E-state index is 4.89. The predicted octanol–water partition coefficient (Wildman–Crippen LogP) is 6.28. The second-order valence-corrected chi connectivity index (χ2v) is 5.22. The van der Waals surface area contributed by atoms with E-state index in [0.717, 1.165) is 11.5 Å². The third kappa shape index (κ3) is 37.0. The van der Waals surface area contributed by atoms with Gasteiger partial charge in [0.1, 0.15) is 0 Å². The first-order valence-electron chi connectivity index (χ1n) is 7.91. The second-order valence-electron chi connectivity index (χ2n) is 4.40. The Morgan fingerprint density at radius 3 is 1.04 bits per heavy atom. The van der Waals surface area contributed by atoms with Crippen LogP contribution in [0.25, 0.3) is 0 Å². The van der Waals surface area contributed by atoms with Crippen molar-refractivity contribution in [3.63, 3.8) is 0 Å². The number of benzene rings is 2. The molecule has 3 nitrogen and oxygen atoms in total. The monoisotopic (exact) mass is 471 g/mol. The van der Waals surface area contributed by atoms with Gasteiger partial charge in [-0.05, 0) is 12.5 Å². The Morgan fingerprint density at radius 2 is 0.926 bits per heavy atom. The summed E-state index contributed by atoms with van der Waals surface area (Å²) in [5, 5.41) is 0. The van der Waals surface area contributed by atoms with E-state index in [0.29, 0.717) is 0 Å². The fraction of sp³-hybridized carbons (Fsp3) is 0.455. The number of thioether (sulfide) groups is 1. The van der Waals surface area contributed by atoms with Crippen molar-refractivity contribution in [2.24, 2.45) is 0 Å². The van der Waals surface area contributed by atoms with Gasteiger partial charge in [-0.25, -0.2) is 0 Å². The molecule has 0 saturated carbocycles. The Labute approximate surface area is 198 Å². The van der Waals surface area contributed by atoms with Crippen molar-refractivity contribution in [3.05, 3.63) is 60.7 Å². The molecule has 1 radical (unpaired) electrons. The fourth-order valence-corrected chi connectivity index (χ4v) is 1.02. The van der Waals surface area contributed by atoms with Crippen molar-refractivity contribution in [3.8, 4) is 11.5 Å². The molecule has 0 aliphatic carbocycles. The van der Waals surface area contributed by atoms with Gasteiger partial charge in [-0.3, -0.25) is 0 Å². The fourth-order valence-electron chi connectivity index (χ4n) is 1.02. The molecular formula is C22H38O3SY-2. The van der Waals surface area contributed by atoms with Crippen LogP contribution in [-0.2, 0) is 37.4 Å². The predicted molar refractivity (Wildman–Crippen MR) is 119 cm³/mol. The third-order valence-corrected chi connectivity index (χ3v) is 1.85. The van der Waals surface area contributed by atoms with Crippen LogP contribution in [0.15, 0.2) is 48.5 Å².